The molecule has 1 aromatic rings. The van der Waals surface area contributed by atoms with Crippen molar-refractivity contribution in [2.45, 2.75) is 59.3 Å². The van der Waals surface area contributed by atoms with E-state index in [1.165, 1.54) is 19.3 Å². The normalized spacial score (nSPS) is 44.0. The Kier molecular flexibility index (Phi) is 2.55. The highest BCUT2D eigenvalue weighted by Crippen LogP contribution is 2.70. The zero-order chi connectivity index (χ0) is 14.9. The van der Waals surface area contributed by atoms with E-state index in [-0.39, 0.29) is 5.41 Å². The molecule has 4 saturated carbocycles. The molecule has 0 N–H and O–H groups in total. The molecule has 0 saturated heterocycles. The number of hydrogen-bond donors (Lipinski definition) is 0. The van der Waals surface area contributed by atoms with Gasteiger partial charge in [0.15, 0.2) is 5.78 Å². The number of carbonyl (C=O) groups is 1. The van der Waals surface area contributed by atoms with Gasteiger partial charge in [0.25, 0.3) is 0 Å². The minimum Gasteiger partial charge on any atom is -0.293 e. The first kappa shape index (κ1) is 13.5. The van der Waals surface area contributed by atoms with E-state index in [0.717, 1.165) is 36.4 Å². The number of pyridine rings is 1. The van der Waals surface area contributed by atoms with Crippen LogP contribution in [0.15, 0.2) is 18.3 Å². The summed E-state index contributed by atoms with van der Waals surface area (Å²) in [5.74, 6) is 1.13. The molecule has 4 bridgehead atoms. The maximum atomic E-state index is 13.3. The monoisotopic (exact) mass is 283 g/mol. The molecule has 0 amide bonds. The fourth-order valence-electron chi connectivity index (χ4n) is 6.61. The molecular weight excluding hydrogens is 258 g/mol. The van der Waals surface area contributed by atoms with Crippen molar-refractivity contribution in [3.63, 3.8) is 0 Å². The van der Waals surface area contributed by atoms with E-state index in [1.54, 1.807) is 6.20 Å². The van der Waals surface area contributed by atoms with Gasteiger partial charge in [-0.05, 0) is 74.3 Å². The van der Waals surface area contributed by atoms with E-state index in [2.05, 4.69) is 18.8 Å². The van der Waals surface area contributed by atoms with Gasteiger partial charge in [0.05, 0.1) is 0 Å². The zero-order valence-corrected chi connectivity index (χ0v) is 13.4. The Morgan fingerprint density at radius 1 is 1.10 bits per heavy atom. The minimum absolute atomic E-state index is 0.0974. The van der Waals surface area contributed by atoms with Crippen LogP contribution in [-0.2, 0) is 0 Å². The van der Waals surface area contributed by atoms with Crippen LogP contribution in [0.4, 0.5) is 0 Å². The van der Waals surface area contributed by atoms with Crippen LogP contribution in [0, 0.1) is 29.1 Å². The largest absolute Gasteiger partial charge is 0.293 e. The van der Waals surface area contributed by atoms with Gasteiger partial charge in [-0.2, -0.15) is 0 Å². The van der Waals surface area contributed by atoms with Crippen molar-refractivity contribution in [1.29, 1.82) is 0 Å². The quantitative estimate of drug-likeness (QED) is 0.744. The average Bonchev–Trinajstić information content (AvgIpc) is 2.34. The average molecular weight is 283 g/mol. The topological polar surface area (TPSA) is 30.0 Å². The van der Waals surface area contributed by atoms with Gasteiger partial charge in [0.2, 0.25) is 0 Å². The molecular formula is C19H25NO. The van der Waals surface area contributed by atoms with Crippen molar-refractivity contribution >= 4 is 5.78 Å². The summed E-state index contributed by atoms with van der Waals surface area (Å²) in [6.45, 7) is 6.82. The molecule has 2 nitrogen and oxygen atoms in total. The highest BCUT2D eigenvalue weighted by atomic mass is 16.1. The molecule has 0 aromatic carbocycles. The molecule has 0 aliphatic heterocycles. The minimum atomic E-state index is -0.0974. The lowest BCUT2D eigenvalue weighted by atomic mass is 9.39. The summed E-state index contributed by atoms with van der Waals surface area (Å²) < 4.78 is 0. The molecule has 0 spiro atoms. The molecule has 4 fully saturated rings. The number of hydrogen-bond acceptors (Lipinski definition) is 2. The first-order valence-electron chi connectivity index (χ1n) is 8.29. The van der Waals surface area contributed by atoms with Crippen LogP contribution in [-0.4, -0.2) is 10.8 Å². The number of rotatable bonds is 2. The van der Waals surface area contributed by atoms with Crippen LogP contribution < -0.4 is 0 Å². The fraction of sp³-hybridized carbons (Fsp3) is 0.684. The van der Waals surface area contributed by atoms with Crippen molar-refractivity contribution in [1.82, 2.24) is 4.98 Å². The van der Waals surface area contributed by atoms with Gasteiger partial charge >= 0.3 is 0 Å². The van der Waals surface area contributed by atoms with Gasteiger partial charge in [-0.15, -0.1) is 0 Å². The second-order valence-electron chi connectivity index (χ2n) is 8.93. The molecule has 2 unspecified atom stereocenters. The summed E-state index contributed by atoms with van der Waals surface area (Å²) >= 11 is 0. The first-order chi connectivity index (χ1) is 9.82. The van der Waals surface area contributed by atoms with Gasteiger partial charge in [-0.3, -0.25) is 9.78 Å². The third kappa shape index (κ3) is 1.98. The Morgan fingerprint density at radius 2 is 1.76 bits per heavy atom. The smallest absolute Gasteiger partial charge is 0.170 e. The standard InChI is InChI=1S/C19H25NO/c1-13-4-5-15(9-20-13)16(21)19-8-14-6-17(2,11-19)10-18(3,7-14)12-19/h4-5,9,14H,6-8,10-12H2,1-3H3. The maximum absolute atomic E-state index is 13.3. The summed E-state index contributed by atoms with van der Waals surface area (Å²) in [6, 6.07) is 3.95. The Balaban J connectivity index is 1.74. The molecule has 0 radical (unpaired) electrons. The van der Waals surface area contributed by atoms with E-state index < -0.39 is 0 Å². The van der Waals surface area contributed by atoms with Gasteiger partial charge in [0.1, 0.15) is 0 Å². The lowest BCUT2D eigenvalue weighted by molar-refractivity contribution is -0.125. The number of aryl methyl sites for hydroxylation is 1. The van der Waals surface area contributed by atoms with Crippen LogP contribution >= 0.6 is 0 Å². The van der Waals surface area contributed by atoms with Gasteiger partial charge in [-0.1, -0.05) is 13.8 Å². The summed E-state index contributed by atoms with van der Waals surface area (Å²) in [7, 11) is 0. The maximum Gasteiger partial charge on any atom is 0.170 e. The van der Waals surface area contributed by atoms with Crippen molar-refractivity contribution in [2.24, 2.45) is 22.2 Å². The number of ketones is 1. The lowest BCUT2D eigenvalue weighted by Gasteiger charge is -2.64. The molecule has 2 heteroatoms. The molecule has 112 valence electrons. The molecule has 2 atom stereocenters. The Hall–Kier alpha value is -1.18. The highest BCUT2D eigenvalue weighted by molar-refractivity contribution is 6.00. The molecule has 4 aliphatic rings. The van der Waals surface area contributed by atoms with E-state index >= 15 is 0 Å². The Bertz CT molecular complexity index is 584. The molecule has 21 heavy (non-hydrogen) atoms. The number of Topliss-reactive ketones (excluding diaryl/α,β-unsaturated/α-hetero) is 1. The Labute approximate surface area is 127 Å². The lowest BCUT2D eigenvalue weighted by Crippen LogP contribution is -2.57. The van der Waals surface area contributed by atoms with Crippen LogP contribution in [0.3, 0.4) is 0 Å². The molecule has 1 heterocycles. The van der Waals surface area contributed by atoms with Crippen LogP contribution in [0.25, 0.3) is 0 Å². The van der Waals surface area contributed by atoms with Crippen LogP contribution in [0.2, 0.25) is 0 Å². The zero-order valence-electron chi connectivity index (χ0n) is 13.4. The van der Waals surface area contributed by atoms with Crippen LogP contribution in [0.5, 0.6) is 0 Å². The number of carbonyl (C=O) groups excluding carboxylic acids is 1. The summed E-state index contributed by atoms with van der Waals surface area (Å²) in [5, 5.41) is 0. The van der Waals surface area contributed by atoms with Crippen molar-refractivity contribution in [2.75, 3.05) is 0 Å². The highest BCUT2D eigenvalue weighted by Gasteiger charge is 2.62. The van der Waals surface area contributed by atoms with Gasteiger partial charge < -0.3 is 0 Å². The van der Waals surface area contributed by atoms with Crippen LogP contribution in [0.1, 0.15) is 68.4 Å². The SMILES string of the molecule is Cc1ccc(C(=O)C23CC4CC(C)(CC(C)(C4)C2)C3)cn1. The van der Waals surface area contributed by atoms with Gasteiger partial charge in [-0.25, -0.2) is 0 Å². The van der Waals surface area contributed by atoms with Gasteiger partial charge in [0, 0.05) is 22.9 Å². The fourth-order valence-corrected chi connectivity index (χ4v) is 6.61. The van der Waals surface area contributed by atoms with E-state index in [1.807, 2.05) is 19.1 Å². The second kappa shape index (κ2) is 3.97. The van der Waals surface area contributed by atoms with E-state index in [9.17, 15) is 4.79 Å². The summed E-state index contributed by atoms with van der Waals surface area (Å²) in [6.07, 6.45) is 9.09. The summed E-state index contributed by atoms with van der Waals surface area (Å²) in [4.78, 5) is 17.6. The predicted molar refractivity (Wildman–Crippen MR) is 83.1 cm³/mol. The van der Waals surface area contributed by atoms with E-state index in [0.29, 0.717) is 16.6 Å². The third-order valence-corrected chi connectivity index (χ3v) is 6.28. The predicted octanol–water partition coefficient (Wildman–Crippen LogP) is 4.57. The van der Waals surface area contributed by atoms with Crippen molar-refractivity contribution in [3.05, 3.63) is 29.6 Å². The third-order valence-electron chi connectivity index (χ3n) is 6.28. The summed E-state index contributed by atoms with van der Waals surface area (Å²) in [5.41, 5.74) is 2.50. The van der Waals surface area contributed by atoms with Crippen molar-refractivity contribution < 1.29 is 4.79 Å². The first-order valence-corrected chi connectivity index (χ1v) is 8.29. The molecule has 4 aliphatic carbocycles. The molecule has 1 aromatic heterocycles. The second-order valence-corrected chi connectivity index (χ2v) is 8.93. The molecule has 5 rings (SSSR count). The van der Waals surface area contributed by atoms with Crippen molar-refractivity contribution in [3.8, 4) is 0 Å². The number of aromatic nitrogens is 1. The number of nitrogens with zero attached hydrogens (tertiary/aromatic N) is 1. The van der Waals surface area contributed by atoms with E-state index in [4.69, 9.17) is 0 Å². The Morgan fingerprint density at radius 3 is 2.29 bits per heavy atom.